The molecule has 3 rings (SSSR count). The first kappa shape index (κ1) is 26.4. The summed E-state index contributed by atoms with van der Waals surface area (Å²) in [7, 11) is 0. The van der Waals surface area contributed by atoms with Gasteiger partial charge in [0, 0.05) is 30.1 Å². The molecule has 0 radical (unpaired) electrons. The Morgan fingerprint density at radius 3 is 2.48 bits per heavy atom. The van der Waals surface area contributed by atoms with E-state index in [9.17, 15) is 19.5 Å². The van der Waals surface area contributed by atoms with Crippen LogP contribution in [0.2, 0.25) is 0 Å². The van der Waals surface area contributed by atoms with Crippen molar-refractivity contribution in [1.82, 2.24) is 15.5 Å². The fourth-order valence-corrected chi connectivity index (χ4v) is 7.29. The number of rotatable bonds is 9. The number of ether oxygens (including phenoxy) is 1. The summed E-state index contributed by atoms with van der Waals surface area (Å²) in [4.78, 5) is 42.0. The van der Waals surface area contributed by atoms with E-state index in [-0.39, 0.29) is 41.1 Å². The van der Waals surface area contributed by atoms with E-state index in [0.29, 0.717) is 19.4 Å². The number of halogens is 1. The third kappa shape index (κ3) is 4.96. The van der Waals surface area contributed by atoms with Gasteiger partial charge in [0.25, 0.3) is 0 Å². The molecule has 3 unspecified atom stereocenters. The highest BCUT2D eigenvalue weighted by Crippen LogP contribution is 2.60. The number of hydrogen-bond acceptors (Lipinski definition) is 5. The first-order valence-corrected chi connectivity index (χ1v) is 13.0. The number of aliphatic hydroxyl groups is 1. The van der Waals surface area contributed by atoms with Gasteiger partial charge in [-0.25, -0.2) is 0 Å². The van der Waals surface area contributed by atoms with Crippen LogP contribution in [0.25, 0.3) is 0 Å². The zero-order chi connectivity index (χ0) is 24.8. The van der Waals surface area contributed by atoms with E-state index in [4.69, 9.17) is 4.74 Å². The third-order valence-corrected chi connectivity index (χ3v) is 7.73. The lowest BCUT2D eigenvalue weighted by atomic mass is 9.70. The van der Waals surface area contributed by atoms with E-state index < -0.39 is 35.1 Å². The lowest BCUT2D eigenvalue weighted by molar-refractivity contribution is -0.143. The third-order valence-electron chi connectivity index (χ3n) is 6.88. The molecule has 3 heterocycles. The highest BCUT2D eigenvalue weighted by molar-refractivity contribution is 9.09. The van der Waals surface area contributed by atoms with Crippen LogP contribution in [0, 0.1) is 17.3 Å². The Balaban J connectivity index is 1.96. The van der Waals surface area contributed by atoms with Gasteiger partial charge >= 0.3 is 0 Å². The molecule has 0 saturated carbocycles. The zero-order valence-electron chi connectivity index (χ0n) is 20.7. The van der Waals surface area contributed by atoms with Crippen LogP contribution in [0.4, 0.5) is 0 Å². The fourth-order valence-electron chi connectivity index (χ4n) is 6.35. The van der Waals surface area contributed by atoms with Gasteiger partial charge in [0.05, 0.1) is 17.9 Å². The Labute approximate surface area is 205 Å². The van der Waals surface area contributed by atoms with Crippen molar-refractivity contribution in [2.75, 3.05) is 19.7 Å². The average Bonchev–Trinajstić information content (AvgIpc) is 3.25. The number of likely N-dealkylation sites (tertiary alicyclic amines) is 1. The molecule has 8 nitrogen and oxygen atoms in total. The van der Waals surface area contributed by atoms with Crippen LogP contribution in [0.15, 0.2) is 0 Å². The van der Waals surface area contributed by atoms with Crippen LogP contribution in [0.3, 0.4) is 0 Å². The van der Waals surface area contributed by atoms with Gasteiger partial charge in [0.2, 0.25) is 17.7 Å². The van der Waals surface area contributed by atoms with Crippen molar-refractivity contribution in [2.24, 2.45) is 17.3 Å². The van der Waals surface area contributed by atoms with Crippen LogP contribution in [-0.4, -0.2) is 75.5 Å². The molecule has 3 aliphatic rings. The minimum Gasteiger partial charge on any atom is -0.396 e. The number of amides is 3. The SMILES string of the molecule is CCCNC(=O)[C@H]1[C@@H]2OC3(CC2Br)C(C(=O)NC(C)(C)CC(C)(C)C)N(CCCO)C(=O)[C@H]13. The van der Waals surface area contributed by atoms with Gasteiger partial charge in [0.15, 0.2) is 0 Å². The van der Waals surface area contributed by atoms with Gasteiger partial charge in [-0.2, -0.15) is 0 Å². The number of nitrogens with one attached hydrogen (secondary N) is 2. The molecule has 3 amide bonds. The van der Waals surface area contributed by atoms with E-state index in [0.717, 1.165) is 12.8 Å². The maximum atomic E-state index is 13.8. The molecule has 0 aromatic heterocycles. The van der Waals surface area contributed by atoms with Crippen LogP contribution >= 0.6 is 15.9 Å². The van der Waals surface area contributed by atoms with Crippen molar-refractivity contribution in [1.29, 1.82) is 0 Å². The van der Waals surface area contributed by atoms with Crippen molar-refractivity contribution in [3.63, 3.8) is 0 Å². The molecule has 0 aliphatic carbocycles. The summed E-state index contributed by atoms with van der Waals surface area (Å²) in [6.45, 7) is 13.0. The average molecular weight is 531 g/mol. The molecule has 1 spiro atoms. The summed E-state index contributed by atoms with van der Waals surface area (Å²) in [5.74, 6) is -2.02. The first-order chi connectivity index (χ1) is 15.3. The van der Waals surface area contributed by atoms with E-state index in [1.54, 1.807) is 4.90 Å². The van der Waals surface area contributed by atoms with Crippen molar-refractivity contribution in [3.05, 3.63) is 0 Å². The Morgan fingerprint density at radius 1 is 1.24 bits per heavy atom. The van der Waals surface area contributed by atoms with E-state index >= 15 is 0 Å². The molecular formula is C24H40BrN3O5. The van der Waals surface area contributed by atoms with E-state index in [1.807, 2.05) is 20.8 Å². The van der Waals surface area contributed by atoms with Crippen LogP contribution in [0.1, 0.15) is 67.2 Å². The number of alkyl halides is 1. The van der Waals surface area contributed by atoms with Crippen LogP contribution in [0.5, 0.6) is 0 Å². The Hall–Kier alpha value is -1.19. The monoisotopic (exact) mass is 529 g/mol. The predicted octanol–water partition coefficient (Wildman–Crippen LogP) is 1.97. The summed E-state index contributed by atoms with van der Waals surface area (Å²) in [6, 6.07) is -0.838. The number of carbonyl (C=O) groups is 3. The second kappa shape index (κ2) is 9.46. The number of fused-ring (bicyclic) bond motifs is 1. The summed E-state index contributed by atoms with van der Waals surface area (Å²) < 4.78 is 6.45. The summed E-state index contributed by atoms with van der Waals surface area (Å²) in [5, 5.41) is 15.5. The Morgan fingerprint density at radius 2 is 1.91 bits per heavy atom. The zero-order valence-corrected chi connectivity index (χ0v) is 22.3. The molecule has 188 valence electrons. The van der Waals surface area contributed by atoms with E-state index in [2.05, 4.69) is 47.3 Å². The topological polar surface area (TPSA) is 108 Å². The molecule has 6 atom stereocenters. The number of nitrogens with zero attached hydrogens (tertiary/aromatic N) is 1. The maximum Gasteiger partial charge on any atom is 0.246 e. The highest BCUT2D eigenvalue weighted by atomic mass is 79.9. The van der Waals surface area contributed by atoms with Gasteiger partial charge in [-0.3, -0.25) is 14.4 Å². The van der Waals surface area contributed by atoms with Gasteiger partial charge in [-0.05, 0) is 44.9 Å². The molecule has 33 heavy (non-hydrogen) atoms. The normalized spacial score (nSPS) is 33.4. The summed E-state index contributed by atoms with van der Waals surface area (Å²) in [6.07, 6.45) is 1.94. The fraction of sp³-hybridized carbons (Fsp3) is 0.875. The van der Waals surface area contributed by atoms with Crippen molar-refractivity contribution in [2.45, 2.75) is 95.3 Å². The molecule has 0 aromatic carbocycles. The minimum atomic E-state index is -1.05. The van der Waals surface area contributed by atoms with Crippen LogP contribution in [-0.2, 0) is 19.1 Å². The quantitative estimate of drug-likeness (QED) is 0.395. The highest BCUT2D eigenvalue weighted by Gasteiger charge is 2.76. The van der Waals surface area contributed by atoms with Crippen molar-refractivity contribution >= 4 is 33.7 Å². The van der Waals surface area contributed by atoms with Gasteiger partial charge in [-0.1, -0.05) is 43.6 Å². The van der Waals surface area contributed by atoms with Gasteiger partial charge in [0.1, 0.15) is 11.6 Å². The summed E-state index contributed by atoms with van der Waals surface area (Å²) in [5.41, 5.74) is -1.54. The Bertz CT molecular complexity index is 783. The lowest BCUT2D eigenvalue weighted by Gasteiger charge is -2.38. The molecular weight excluding hydrogens is 490 g/mol. The second-order valence-corrected chi connectivity index (χ2v) is 12.9. The molecule has 3 saturated heterocycles. The molecule has 3 aliphatic heterocycles. The molecule has 2 bridgehead atoms. The van der Waals surface area contributed by atoms with Crippen LogP contribution < -0.4 is 10.6 Å². The lowest BCUT2D eigenvalue weighted by Crippen LogP contribution is -2.59. The van der Waals surface area contributed by atoms with E-state index in [1.165, 1.54) is 0 Å². The molecule has 3 N–H and O–H groups in total. The van der Waals surface area contributed by atoms with Crippen molar-refractivity contribution in [3.8, 4) is 0 Å². The standard InChI is InChI=1S/C24H40BrN3O5/c1-7-9-26-19(30)15-16-21(32)28(10-8-11-29)18(24(16)12-14(25)17(15)33-24)20(31)27-23(5,6)13-22(2,3)4/h14-18,29H,7-13H2,1-6H3,(H,26,30)(H,27,31)/t14?,15-,16+,17-,18?,24?/m1/s1. The van der Waals surface area contributed by atoms with Crippen molar-refractivity contribution < 1.29 is 24.2 Å². The largest absolute Gasteiger partial charge is 0.396 e. The number of hydrogen-bond donors (Lipinski definition) is 3. The minimum absolute atomic E-state index is 0.00536. The second-order valence-electron chi connectivity index (χ2n) is 11.7. The predicted molar refractivity (Wildman–Crippen MR) is 129 cm³/mol. The molecule has 3 fully saturated rings. The first-order valence-electron chi connectivity index (χ1n) is 12.1. The number of carbonyl (C=O) groups excluding carboxylic acids is 3. The summed E-state index contributed by atoms with van der Waals surface area (Å²) >= 11 is 3.67. The number of aliphatic hydroxyl groups excluding tert-OH is 1. The molecule has 9 heteroatoms. The molecule has 0 aromatic rings. The van der Waals surface area contributed by atoms with Gasteiger partial charge < -0.3 is 25.4 Å². The van der Waals surface area contributed by atoms with Gasteiger partial charge in [-0.15, -0.1) is 0 Å². The maximum absolute atomic E-state index is 13.8. The smallest absolute Gasteiger partial charge is 0.246 e. The Kier molecular flexibility index (Phi) is 7.57.